The van der Waals surface area contributed by atoms with E-state index in [0.29, 0.717) is 12.0 Å². The number of H-pyrrole nitrogens is 1. The molecule has 0 unspecified atom stereocenters. The molecule has 0 saturated heterocycles. The number of aliphatic carboxylic acids is 2. The molecule has 0 saturated carbocycles. The Kier molecular flexibility index (Phi) is 12.3. The number of benzene rings is 1. The Morgan fingerprint density at radius 3 is 2.17 bits per heavy atom. The summed E-state index contributed by atoms with van der Waals surface area (Å²) in [6, 6.07) is 2.20. The molecule has 5 atom stereocenters. The second-order valence-corrected chi connectivity index (χ2v) is 9.94. The van der Waals surface area contributed by atoms with Gasteiger partial charge in [-0.3, -0.25) is 24.0 Å². The number of fused-ring (bicyclic) bond motifs is 1. The Labute approximate surface area is 236 Å². The van der Waals surface area contributed by atoms with Gasteiger partial charge in [0, 0.05) is 36.4 Å². The maximum absolute atomic E-state index is 13.3. The molecule has 4 amide bonds. The summed E-state index contributed by atoms with van der Waals surface area (Å²) in [5, 5.41) is 27.2. The van der Waals surface area contributed by atoms with Crippen molar-refractivity contribution >= 4 is 46.5 Å². The van der Waals surface area contributed by atoms with Crippen molar-refractivity contribution in [2.45, 2.75) is 76.5 Å². The molecule has 0 aliphatic rings. The van der Waals surface area contributed by atoms with Gasteiger partial charge in [-0.1, -0.05) is 38.5 Å². The number of primary amides is 1. The quantitative estimate of drug-likeness (QED) is 0.124. The first kappa shape index (κ1) is 32.8. The fourth-order valence-corrected chi connectivity index (χ4v) is 4.18. The number of nitrogens with one attached hydrogen (secondary N) is 4. The van der Waals surface area contributed by atoms with Crippen molar-refractivity contribution in [3.63, 3.8) is 0 Å². The predicted molar refractivity (Wildman–Crippen MR) is 148 cm³/mol. The second-order valence-electron chi connectivity index (χ2n) is 9.94. The Hall–Kier alpha value is -4.46. The number of aromatic nitrogens is 1. The molecule has 1 aromatic heterocycles. The summed E-state index contributed by atoms with van der Waals surface area (Å²) < 4.78 is 0. The number of carbonyl (C=O) groups is 6. The van der Waals surface area contributed by atoms with E-state index in [1.165, 1.54) is 0 Å². The fraction of sp³-hybridized carbons (Fsp3) is 0.481. The van der Waals surface area contributed by atoms with E-state index in [1.807, 2.05) is 12.1 Å². The monoisotopic (exact) mass is 574 g/mol. The SMILES string of the molecule is CC[C@H](C)[C@H](NC(=O)[C@@H](N)CCC(N)=O)C(=O)N[C@H](CCC(=O)O)C(=O)N[C@@H](Cc1c[nH]c2ccccc12)C(=O)O. The third-order valence-corrected chi connectivity index (χ3v) is 6.83. The molecular weight excluding hydrogens is 536 g/mol. The van der Waals surface area contributed by atoms with Crippen molar-refractivity contribution < 1.29 is 39.0 Å². The molecule has 10 N–H and O–H groups in total. The van der Waals surface area contributed by atoms with Crippen LogP contribution in [0.1, 0.15) is 51.5 Å². The van der Waals surface area contributed by atoms with E-state index < -0.39 is 72.1 Å². The Balaban J connectivity index is 2.20. The Morgan fingerprint density at radius 1 is 0.902 bits per heavy atom. The lowest BCUT2D eigenvalue weighted by molar-refractivity contribution is -0.143. The average Bonchev–Trinajstić information content (AvgIpc) is 3.33. The number of amides is 4. The van der Waals surface area contributed by atoms with Crippen LogP contribution in [-0.2, 0) is 35.2 Å². The zero-order valence-electron chi connectivity index (χ0n) is 23.0. The minimum Gasteiger partial charge on any atom is -0.481 e. The molecule has 0 radical (unpaired) electrons. The summed E-state index contributed by atoms with van der Waals surface area (Å²) >= 11 is 0. The summed E-state index contributed by atoms with van der Waals surface area (Å²) in [5.41, 5.74) is 12.4. The van der Waals surface area contributed by atoms with Crippen molar-refractivity contribution in [2.24, 2.45) is 17.4 Å². The molecule has 1 aromatic carbocycles. The molecule has 14 heteroatoms. The smallest absolute Gasteiger partial charge is 0.326 e. The van der Waals surface area contributed by atoms with Crippen LogP contribution in [-0.4, -0.2) is 74.9 Å². The number of para-hydroxylation sites is 1. The molecule has 0 aliphatic heterocycles. The normalized spacial score (nSPS) is 14.7. The highest BCUT2D eigenvalue weighted by Gasteiger charge is 2.33. The fourth-order valence-electron chi connectivity index (χ4n) is 4.18. The maximum Gasteiger partial charge on any atom is 0.326 e. The highest BCUT2D eigenvalue weighted by molar-refractivity contribution is 5.95. The standard InChI is InChI=1S/C27H38N6O8/c1-3-14(2)23(33-24(37)17(28)8-10-21(29)34)26(39)31-19(9-11-22(35)36)25(38)32-20(27(40)41)12-15-13-30-18-7-5-4-6-16(15)18/h4-7,13-14,17,19-20,23,30H,3,8-12,28H2,1-2H3,(H2,29,34)(H,31,39)(H,32,38)(H,33,37)(H,35,36)(H,40,41)/t14-,17-,19+,20-,23-/m0/s1. The molecule has 0 spiro atoms. The molecule has 224 valence electrons. The summed E-state index contributed by atoms with van der Waals surface area (Å²) in [6.07, 6.45) is 1.04. The summed E-state index contributed by atoms with van der Waals surface area (Å²) in [6.45, 7) is 3.47. The van der Waals surface area contributed by atoms with Gasteiger partial charge >= 0.3 is 11.9 Å². The highest BCUT2D eigenvalue weighted by atomic mass is 16.4. The molecule has 0 fully saturated rings. The molecule has 14 nitrogen and oxygen atoms in total. The number of rotatable bonds is 17. The van der Waals surface area contributed by atoms with Crippen LogP contribution in [0.2, 0.25) is 0 Å². The van der Waals surface area contributed by atoms with Gasteiger partial charge in [-0.2, -0.15) is 0 Å². The number of nitrogens with two attached hydrogens (primary N) is 2. The van der Waals surface area contributed by atoms with Gasteiger partial charge in [0.25, 0.3) is 0 Å². The average molecular weight is 575 g/mol. The van der Waals surface area contributed by atoms with E-state index in [4.69, 9.17) is 11.5 Å². The molecule has 0 bridgehead atoms. The van der Waals surface area contributed by atoms with Gasteiger partial charge < -0.3 is 42.6 Å². The Bertz CT molecular complexity index is 1260. The van der Waals surface area contributed by atoms with Crippen molar-refractivity contribution in [1.29, 1.82) is 0 Å². The van der Waals surface area contributed by atoms with E-state index in [9.17, 15) is 39.0 Å². The number of hydrogen-bond acceptors (Lipinski definition) is 7. The lowest BCUT2D eigenvalue weighted by atomic mass is 9.96. The molecule has 1 heterocycles. The van der Waals surface area contributed by atoms with E-state index >= 15 is 0 Å². The second kappa shape index (κ2) is 15.4. The highest BCUT2D eigenvalue weighted by Crippen LogP contribution is 2.19. The lowest BCUT2D eigenvalue weighted by Gasteiger charge is -2.28. The van der Waals surface area contributed by atoms with Crippen LogP contribution in [0.4, 0.5) is 0 Å². The van der Waals surface area contributed by atoms with Crippen LogP contribution in [0.15, 0.2) is 30.5 Å². The van der Waals surface area contributed by atoms with E-state index in [1.54, 1.807) is 32.2 Å². The van der Waals surface area contributed by atoms with Crippen LogP contribution in [0.25, 0.3) is 10.9 Å². The van der Waals surface area contributed by atoms with Gasteiger partial charge in [0.2, 0.25) is 23.6 Å². The summed E-state index contributed by atoms with van der Waals surface area (Å²) in [5.74, 6) is -5.97. The third-order valence-electron chi connectivity index (χ3n) is 6.83. The van der Waals surface area contributed by atoms with Crippen LogP contribution in [0.5, 0.6) is 0 Å². The third kappa shape index (κ3) is 9.90. The molecule has 2 aromatic rings. The topological polar surface area (TPSA) is 247 Å². The molecular formula is C27H38N6O8. The first-order valence-corrected chi connectivity index (χ1v) is 13.3. The van der Waals surface area contributed by atoms with Crippen molar-refractivity contribution in [1.82, 2.24) is 20.9 Å². The van der Waals surface area contributed by atoms with Gasteiger partial charge in [0.05, 0.1) is 6.04 Å². The predicted octanol–water partition coefficient (Wildman–Crippen LogP) is -0.247. The van der Waals surface area contributed by atoms with Crippen LogP contribution < -0.4 is 27.4 Å². The maximum atomic E-state index is 13.3. The van der Waals surface area contributed by atoms with Crippen molar-refractivity contribution in [3.05, 3.63) is 36.0 Å². The van der Waals surface area contributed by atoms with Gasteiger partial charge in [0.1, 0.15) is 18.1 Å². The minimum absolute atomic E-state index is 0.0351. The number of carboxylic acids is 2. The number of aromatic amines is 1. The minimum atomic E-state index is -1.41. The molecule has 2 rings (SSSR count). The zero-order valence-corrected chi connectivity index (χ0v) is 23.0. The number of carboxylic acid groups (broad SMARTS) is 2. The Morgan fingerprint density at radius 2 is 1.56 bits per heavy atom. The number of carbonyl (C=O) groups excluding carboxylic acids is 4. The lowest BCUT2D eigenvalue weighted by Crippen LogP contribution is -2.58. The molecule has 0 aliphatic carbocycles. The van der Waals surface area contributed by atoms with Crippen LogP contribution in [0, 0.1) is 5.92 Å². The van der Waals surface area contributed by atoms with E-state index in [-0.39, 0.29) is 25.7 Å². The van der Waals surface area contributed by atoms with E-state index in [2.05, 4.69) is 20.9 Å². The van der Waals surface area contributed by atoms with Gasteiger partial charge in [0.15, 0.2) is 0 Å². The van der Waals surface area contributed by atoms with Crippen LogP contribution >= 0.6 is 0 Å². The largest absolute Gasteiger partial charge is 0.481 e. The first-order valence-electron chi connectivity index (χ1n) is 13.3. The molecule has 41 heavy (non-hydrogen) atoms. The van der Waals surface area contributed by atoms with Gasteiger partial charge in [-0.25, -0.2) is 4.79 Å². The van der Waals surface area contributed by atoms with Crippen molar-refractivity contribution in [3.8, 4) is 0 Å². The summed E-state index contributed by atoms with van der Waals surface area (Å²) in [4.78, 5) is 76.4. The zero-order chi connectivity index (χ0) is 30.7. The first-order chi connectivity index (χ1) is 19.3. The summed E-state index contributed by atoms with van der Waals surface area (Å²) in [7, 11) is 0. The number of hydrogen-bond donors (Lipinski definition) is 8. The van der Waals surface area contributed by atoms with Crippen molar-refractivity contribution in [2.75, 3.05) is 0 Å². The van der Waals surface area contributed by atoms with E-state index in [0.717, 1.165) is 10.9 Å². The van der Waals surface area contributed by atoms with Gasteiger partial charge in [-0.05, 0) is 30.4 Å². The van der Waals surface area contributed by atoms with Crippen LogP contribution in [0.3, 0.4) is 0 Å². The van der Waals surface area contributed by atoms with Gasteiger partial charge in [-0.15, -0.1) is 0 Å².